The molecule has 0 bridgehead atoms. The number of fused-ring (bicyclic) bond motifs is 1. The van der Waals surface area contributed by atoms with Gasteiger partial charge in [0.05, 0.1) is 0 Å². The Labute approximate surface area is 112 Å². The summed E-state index contributed by atoms with van der Waals surface area (Å²) in [5.74, 6) is 0.296. The Hall–Kier alpha value is -1.81. The van der Waals surface area contributed by atoms with Crippen LogP contribution in [0.2, 0.25) is 0 Å². The van der Waals surface area contributed by atoms with Crippen molar-refractivity contribution in [3.05, 3.63) is 30.5 Å². The minimum Gasteiger partial charge on any atom is -0.351 e. The maximum absolute atomic E-state index is 12.2. The van der Waals surface area contributed by atoms with Crippen LogP contribution in [0.5, 0.6) is 0 Å². The van der Waals surface area contributed by atoms with Gasteiger partial charge in [-0.25, -0.2) is 0 Å². The number of carbonyl (C=O) groups excluding carboxylic acids is 1. The van der Waals surface area contributed by atoms with E-state index in [0.29, 0.717) is 0 Å². The van der Waals surface area contributed by atoms with E-state index >= 15 is 0 Å². The first-order valence-corrected chi connectivity index (χ1v) is 6.81. The molecule has 0 unspecified atom stereocenters. The molecule has 1 amide bonds. The normalized spacial score (nSPS) is 16.7. The van der Waals surface area contributed by atoms with Crippen molar-refractivity contribution in [2.24, 2.45) is 13.0 Å². The zero-order valence-electron chi connectivity index (χ0n) is 11.1. The smallest absolute Gasteiger partial charge is 0.227 e. The van der Waals surface area contributed by atoms with E-state index in [2.05, 4.69) is 21.3 Å². The zero-order valence-corrected chi connectivity index (χ0v) is 11.1. The Kier molecular flexibility index (Phi) is 3.25. The van der Waals surface area contributed by atoms with Crippen LogP contribution in [0, 0.1) is 5.92 Å². The van der Waals surface area contributed by atoms with Crippen LogP contribution in [-0.2, 0) is 11.8 Å². The van der Waals surface area contributed by atoms with E-state index in [4.69, 9.17) is 0 Å². The number of aromatic nitrogens is 1. The number of amides is 1. The van der Waals surface area contributed by atoms with Gasteiger partial charge >= 0.3 is 0 Å². The highest BCUT2D eigenvalue weighted by Gasteiger charge is 2.20. The molecule has 4 nitrogen and oxygen atoms in total. The van der Waals surface area contributed by atoms with Crippen LogP contribution in [0.4, 0.5) is 5.69 Å². The third-order valence-electron chi connectivity index (χ3n) is 3.86. The molecule has 0 spiro atoms. The van der Waals surface area contributed by atoms with Crippen LogP contribution < -0.4 is 10.6 Å². The first-order valence-electron chi connectivity index (χ1n) is 6.81. The Bertz CT molecular complexity index is 596. The number of benzene rings is 1. The van der Waals surface area contributed by atoms with Gasteiger partial charge in [-0.1, -0.05) is 0 Å². The van der Waals surface area contributed by atoms with Crippen LogP contribution in [0.3, 0.4) is 0 Å². The lowest BCUT2D eigenvalue weighted by Crippen LogP contribution is -2.34. The standard InChI is InChI=1S/C15H19N3O/c1-18-9-6-12-10-13(2-3-14(12)18)17-15(19)11-4-7-16-8-5-11/h2-3,6,9-11,16H,4-5,7-8H2,1H3,(H,17,19). The van der Waals surface area contributed by atoms with Crippen molar-refractivity contribution in [3.63, 3.8) is 0 Å². The Balaban J connectivity index is 1.75. The molecule has 0 atom stereocenters. The first-order chi connectivity index (χ1) is 9.24. The second-order valence-corrected chi connectivity index (χ2v) is 5.21. The van der Waals surface area contributed by atoms with E-state index in [1.807, 2.05) is 31.4 Å². The fraction of sp³-hybridized carbons (Fsp3) is 0.400. The van der Waals surface area contributed by atoms with Gasteiger partial charge in [0.2, 0.25) is 5.91 Å². The fourth-order valence-corrected chi connectivity index (χ4v) is 2.69. The molecule has 1 aromatic heterocycles. The molecule has 4 heteroatoms. The lowest BCUT2D eigenvalue weighted by atomic mass is 9.97. The number of hydrogen-bond acceptors (Lipinski definition) is 2. The predicted octanol–water partition coefficient (Wildman–Crippen LogP) is 2.12. The Morgan fingerprint density at radius 1 is 1.32 bits per heavy atom. The zero-order chi connectivity index (χ0) is 13.2. The molecule has 2 aromatic rings. The largest absolute Gasteiger partial charge is 0.351 e. The monoisotopic (exact) mass is 257 g/mol. The Morgan fingerprint density at radius 2 is 2.11 bits per heavy atom. The molecule has 2 heterocycles. The van der Waals surface area contributed by atoms with Crippen molar-refractivity contribution in [2.45, 2.75) is 12.8 Å². The van der Waals surface area contributed by atoms with Gasteiger partial charge in [0.15, 0.2) is 0 Å². The molecule has 0 radical (unpaired) electrons. The van der Waals surface area contributed by atoms with Crippen molar-refractivity contribution in [1.29, 1.82) is 0 Å². The molecule has 0 aliphatic carbocycles. The van der Waals surface area contributed by atoms with Crippen molar-refractivity contribution in [2.75, 3.05) is 18.4 Å². The SMILES string of the molecule is Cn1ccc2cc(NC(=O)C3CCNCC3)ccc21. The number of rotatable bonds is 2. The molecule has 1 aliphatic rings. The molecule has 2 N–H and O–H groups in total. The molecule has 3 rings (SSSR count). The number of nitrogens with one attached hydrogen (secondary N) is 2. The highest BCUT2D eigenvalue weighted by molar-refractivity contribution is 5.95. The molecular weight excluding hydrogens is 238 g/mol. The highest BCUT2D eigenvalue weighted by Crippen LogP contribution is 2.21. The third kappa shape index (κ3) is 2.49. The molecule has 100 valence electrons. The van der Waals surface area contributed by atoms with Crippen LogP contribution in [0.15, 0.2) is 30.5 Å². The summed E-state index contributed by atoms with van der Waals surface area (Å²) < 4.78 is 2.08. The van der Waals surface area contributed by atoms with Crippen LogP contribution in [-0.4, -0.2) is 23.6 Å². The predicted molar refractivity (Wildman–Crippen MR) is 77.1 cm³/mol. The highest BCUT2D eigenvalue weighted by atomic mass is 16.1. The lowest BCUT2D eigenvalue weighted by Gasteiger charge is -2.21. The second kappa shape index (κ2) is 5.05. The number of aryl methyl sites for hydroxylation is 1. The third-order valence-corrected chi connectivity index (χ3v) is 3.86. The first kappa shape index (κ1) is 12.2. The molecule has 0 saturated carbocycles. The lowest BCUT2D eigenvalue weighted by molar-refractivity contribution is -0.120. The summed E-state index contributed by atoms with van der Waals surface area (Å²) in [6.45, 7) is 1.88. The number of carbonyl (C=O) groups is 1. The molecule has 1 saturated heterocycles. The average Bonchev–Trinajstić information content (AvgIpc) is 2.81. The van der Waals surface area contributed by atoms with E-state index < -0.39 is 0 Å². The average molecular weight is 257 g/mol. The summed E-state index contributed by atoms with van der Waals surface area (Å²) in [4.78, 5) is 12.2. The second-order valence-electron chi connectivity index (χ2n) is 5.21. The summed E-state index contributed by atoms with van der Waals surface area (Å²) in [7, 11) is 2.02. The molecule has 1 aromatic carbocycles. The maximum atomic E-state index is 12.2. The van der Waals surface area contributed by atoms with Crippen molar-refractivity contribution in [3.8, 4) is 0 Å². The summed E-state index contributed by atoms with van der Waals surface area (Å²) in [5.41, 5.74) is 2.07. The van der Waals surface area contributed by atoms with Crippen LogP contribution in [0.25, 0.3) is 10.9 Å². The quantitative estimate of drug-likeness (QED) is 0.865. The maximum Gasteiger partial charge on any atom is 0.227 e. The van der Waals surface area contributed by atoms with Crippen molar-refractivity contribution in [1.82, 2.24) is 9.88 Å². The van der Waals surface area contributed by atoms with E-state index in [0.717, 1.165) is 37.0 Å². The van der Waals surface area contributed by atoms with Gasteiger partial charge in [0.1, 0.15) is 0 Å². The molecule has 1 aliphatic heterocycles. The van der Waals surface area contributed by atoms with Gasteiger partial charge in [-0.05, 0) is 50.2 Å². The topological polar surface area (TPSA) is 46.1 Å². The van der Waals surface area contributed by atoms with E-state index in [1.54, 1.807) is 0 Å². The molecule has 19 heavy (non-hydrogen) atoms. The summed E-state index contributed by atoms with van der Waals surface area (Å²) in [6, 6.07) is 8.12. The van der Waals surface area contributed by atoms with Crippen LogP contribution >= 0.6 is 0 Å². The number of hydrogen-bond donors (Lipinski definition) is 2. The van der Waals surface area contributed by atoms with Gasteiger partial charge in [-0.15, -0.1) is 0 Å². The van der Waals surface area contributed by atoms with E-state index in [1.165, 1.54) is 5.52 Å². The minimum atomic E-state index is 0.146. The van der Waals surface area contributed by atoms with Gasteiger partial charge in [0, 0.05) is 35.8 Å². The van der Waals surface area contributed by atoms with Crippen molar-refractivity contribution >= 4 is 22.5 Å². The number of anilines is 1. The molecular formula is C15H19N3O. The number of nitrogens with zero attached hydrogens (tertiary/aromatic N) is 1. The summed E-state index contributed by atoms with van der Waals surface area (Å²) in [5, 5.41) is 7.47. The van der Waals surface area contributed by atoms with Gasteiger partial charge in [0.25, 0.3) is 0 Å². The van der Waals surface area contributed by atoms with Crippen molar-refractivity contribution < 1.29 is 4.79 Å². The molecule has 1 fully saturated rings. The summed E-state index contributed by atoms with van der Waals surface area (Å²) in [6.07, 6.45) is 3.89. The minimum absolute atomic E-state index is 0.146. The van der Waals surface area contributed by atoms with Gasteiger partial charge in [-0.2, -0.15) is 0 Å². The Morgan fingerprint density at radius 3 is 2.89 bits per heavy atom. The summed E-state index contributed by atoms with van der Waals surface area (Å²) >= 11 is 0. The van der Waals surface area contributed by atoms with Gasteiger partial charge in [-0.3, -0.25) is 4.79 Å². The number of piperidine rings is 1. The van der Waals surface area contributed by atoms with E-state index in [-0.39, 0.29) is 11.8 Å². The van der Waals surface area contributed by atoms with E-state index in [9.17, 15) is 4.79 Å². The van der Waals surface area contributed by atoms with Crippen LogP contribution in [0.1, 0.15) is 12.8 Å². The van der Waals surface area contributed by atoms with Gasteiger partial charge < -0.3 is 15.2 Å². The fourth-order valence-electron chi connectivity index (χ4n) is 2.69.